The molecule has 1 amide bonds. The number of carbonyl (C=O) groups excluding carboxylic acids is 1. The first kappa shape index (κ1) is 14.4. The van der Waals surface area contributed by atoms with Crippen LogP contribution in [0.2, 0.25) is 0 Å². The van der Waals surface area contributed by atoms with E-state index < -0.39 is 17.7 Å². The number of hydrogen-bond donors (Lipinski definition) is 2. The number of benzene rings is 1. The number of amides is 1. The van der Waals surface area contributed by atoms with E-state index in [9.17, 15) is 9.18 Å². The predicted octanol–water partition coefficient (Wildman–Crippen LogP) is 3.19. The van der Waals surface area contributed by atoms with E-state index in [1.165, 1.54) is 18.2 Å². The van der Waals surface area contributed by atoms with Crippen LogP contribution in [0, 0.1) is 5.82 Å². The van der Waals surface area contributed by atoms with Crippen LogP contribution >= 0.6 is 0 Å². The van der Waals surface area contributed by atoms with Crippen molar-refractivity contribution in [3.05, 3.63) is 29.6 Å². The van der Waals surface area contributed by atoms with Crippen LogP contribution in [0.25, 0.3) is 0 Å². The largest absolute Gasteiger partial charge is 0.444 e. The Labute approximate surface area is 106 Å². The molecule has 0 fully saturated rings. The molecule has 1 rings (SSSR count). The van der Waals surface area contributed by atoms with Crippen molar-refractivity contribution in [2.75, 3.05) is 5.32 Å². The molecule has 0 aromatic heterocycles. The molecular formula is C13H19FN2O2. The maximum absolute atomic E-state index is 13.4. The van der Waals surface area contributed by atoms with Crippen LogP contribution < -0.4 is 11.1 Å². The van der Waals surface area contributed by atoms with E-state index >= 15 is 0 Å². The van der Waals surface area contributed by atoms with Gasteiger partial charge in [0.2, 0.25) is 0 Å². The second kappa shape index (κ2) is 5.35. The summed E-state index contributed by atoms with van der Waals surface area (Å²) in [6.07, 6.45) is -0.579. The minimum absolute atomic E-state index is 0.351. The van der Waals surface area contributed by atoms with Crippen molar-refractivity contribution >= 4 is 11.8 Å². The van der Waals surface area contributed by atoms with Crippen molar-refractivity contribution < 1.29 is 13.9 Å². The van der Waals surface area contributed by atoms with Gasteiger partial charge in [-0.1, -0.05) is 0 Å². The summed E-state index contributed by atoms with van der Waals surface area (Å²) in [5.41, 5.74) is 5.86. The molecule has 1 aromatic carbocycles. The highest BCUT2D eigenvalue weighted by Gasteiger charge is 2.17. The fourth-order valence-corrected chi connectivity index (χ4v) is 1.39. The number of rotatable bonds is 2. The van der Waals surface area contributed by atoms with E-state index in [1.54, 1.807) is 27.7 Å². The van der Waals surface area contributed by atoms with Gasteiger partial charge < -0.3 is 10.5 Å². The molecule has 0 unspecified atom stereocenters. The summed E-state index contributed by atoms with van der Waals surface area (Å²) in [5, 5.41) is 2.54. The molecule has 0 bridgehead atoms. The first-order valence-corrected chi connectivity index (χ1v) is 5.74. The minimum atomic E-state index is -0.579. The smallest absolute Gasteiger partial charge is 0.412 e. The number of carbonyl (C=O) groups is 1. The minimum Gasteiger partial charge on any atom is -0.444 e. The highest BCUT2D eigenvalue weighted by molar-refractivity contribution is 5.85. The van der Waals surface area contributed by atoms with Gasteiger partial charge in [-0.15, -0.1) is 0 Å². The quantitative estimate of drug-likeness (QED) is 0.851. The number of nitrogens with one attached hydrogen (secondary N) is 1. The van der Waals surface area contributed by atoms with Crippen molar-refractivity contribution in [1.29, 1.82) is 0 Å². The summed E-state index contributed by atoms with van der Waals surface area (Å²) in [4.78, 5) is 11.5. The van der Waals surface area contributed by atoms with Crippen molar-refractivity contribution in [2.45, 2.75) is 39.3 Å². The SMILES string of the molecule is C[C@@H](N)c1cc(NC(=O)OC(C)(C)C)ccc1F. The van der Waals surface area contributed by atoms with Gasteiger partial charge >= 0.3 is 6.09 Å². The fraction of sp³-hybridized carbons (Fsp3) is 0.462. The molecule has 0 spiro atoms. The molecule has 0 aliphatic carbocycles. The molecule has 1 atom stereocenters. The van der Waals surface area contributed by atoms with Crippen LogP contribution in [0.3, 0.4) is 0 Å². The Morgan fingerprint density at radius 2 is 2.06 bits per heavy atom. The van der Waals surface area contributed by atoms with E-state index in [2.05, 4.69) is 5.32 Å². The van der Waals surface area contributed by atoms with Gasteiger partial charge in [0.05, 0.1) is 0 Å². The lowest BCUT2D eigenvalue weighted by Crippen LogP contribution is -2.27. The number of anilines is 1. The van der Waals surface area contributed by atoms with E-state index in [-0.39, 0.29) is 5.82 Å². The average molecular weight is 254 g/mol. The van der Waals surface area contributed by atoms with Crippen LogP contribution in [0.15, 0.2) is 18.2 Å². The number of hydrogen-bond acceptors (Lipinski definition) is 3. The third kappa shape index (κ3) is 4.33. The molecule has 0 heterocycles. The van der Waals surface area contributed by atoms with Crippen molar-refractivity contribution in [3.63, 3.8) is 0 Å². The third-order valence-electron chi connectivity index (χ3n) is 2.13. The zero-order valence-electron chi connectivity index (χ0n) is 11.1. The van der Waals surface area contributed by atoms with Crippen molar-refractivity contribution in [1.82, 2.24) is 0 Å². The molecule has 100 valence electrons. The Morgan fingerprint density at radius 3 is 2.56 bits per heavy atom. The van der Waals surface area contributed by atoms with Gasteiger partial charge in [-0.05, 0) is 45.9 Å². The van der Waals surface area contributed by atoms with E-state index in [4.69, 9.17) is 10.5 Å². The van der Waals surface area contributed by atoms with Crippen LogP contribution in [0.5, 0.6) is 0 Å². The molecule has 0 radical (unpaired) electrons. The zero-order valence-corrected chi connectivity index (χ0v) is 11.1. The molecule has 3 N–H and O–H groups in total. The van der Waals surface area contributed by atoms with Crippen LogP contribution in [0.4, 0.5) is 14.9 Å². The second-order valence-electron chi connectivity index (χ2n) is 5.15. The summed E-state index contributed by atoms with van der Waals surface area (Å²) in [6.45, 7) is 6.98. The molecule has 5 heteroatoms. The van der Waals surface area contributed by atoms with Crippen LogP contribution in [-0.4, -0.2) is 11.7 Å². The maximum atomic E-state index is 13.4. The molecule has 0 saturated heterocycles. The monoisotopic (exact) mass is 254 g/mol. The summed E-state index contributed by atoms with van der Waals surface area (Å²) < 4.78 is 18.5. The summed E-state index contributed by atoms with van der Waals surface area (Å²) >= 11 is 0. The molecular weight excluding hydrogens is 235 g/mol. The first-order valence-electron chi connectivity index (χ1n) is 5.74. The Bertz CT molecular complexity index is 439. The lowest BCUT2D eigenvalue weighted by molar-refractivity contribution is 0.0636. The first-order chi connectivity index (χ1) is 8.19. The highest BCUT2D eigenvalue weighted by atomic mass is 19.1. The molecule has 1 aromatic rings. The van der Waals surface area contributed by atoms with Gasteiger partial charge in [0, 0.05) is 17.3 Å². The zero-order chi connectivity index (χ0) is 13.9. The van der Waals surface area contributed by atoms with Gasteiger partial charge in [0.1, 0.15) is 11.4 Å². The normalized spacial score (nSPS) is 13.0. The predicted molar refractivity (Wildman–Crippen MR) is 68.9 cm³/mol. The molecule has 0 saturated carbocycles. The van der Waals surface area contributed by atoms with Gasteiger partial charge in [-0.2, -0.15) is 0 Å². The molecule has 0 aliphatic heterocycles. The van der Waals surface area contributed by atoms with Gasteiger partial charge in [-0.3, -0.25) is 5.32 Å². The lowest BCUT2D eigenvalue weighted by atomic mass is 10.1. The highest BCUT2D eigenvalue weighted by Crippen LogP contribution is 2.20. The number of halogens is 1. The summed E-state index contributed by atoms with van der Waals surface area (Å²) in [5.74, 6) is -0.389. The molecule has 0 aliphatic rings. The van der Waals surface area contributed by atoms with E-state index in [0.717, 1.165) is 0 Å². The topological polar surface area (TPSA) is 64.3 Å². The molecule has 4 nitrogen and oxygen atoms in total. The fourth-order valence-electron chi connectivity index (χ4n) is 1.39. The van der Waals surface area contributed by atoms with Crippen LogP contribution in [-0.2, 0) is 4.74 Å². The Kier molecular flexibility index (Phi) is 4.29. The standard InChI is InChI=1S/C13H19FN2O2/c1-8(15)10-7-9(5-6-11(10)14)16-12(17)18-13(2,3)4/h5-8H,15H2,1-4H3,(H,16,17)/t8-/m1/s1. The van der Waals surface area contributed by atoms with E-state index in [1.807, 2.05) is 0 Å². The lowest BCUT2D eigenvalue weighted by Gasteiger charge is -2.20. The third-order valence-corrected chi connectivity index (χ3v) is 2.13. The Balaban J connectivity index is 2.80. The van der Waals surface area contributed by atoms with Gasteiger partial charge in [-0.25, -0.2) is 9.18 Å². The van der Waals surface area contributed by atoms with Gasteiger partial charge in [0.15, 0.2) is 0 Å². The van der Waals surface area contributed by atoms with E-state index in [0.29, 0.717) is 11.3 Å². The second-order valence-corrected chi connectivity index (χ2v) is 5.15. The summed E-state index contributed by atoms with van der Waals surface area (Å²) in [6, 6.07) is 3.80. The van der Waals surface area contributed by atoms with Crippen molar-refractivity contribution in [3.8, 4) is 0 Å². The number of ether oxygens (including phenoxy) is 1. The Morgan fingerprint density at radius 1 is 1.44 bits per heavy atom. The Hall–Kier alpha value is -1.62. The summed E-state index contributed by atoms with van der Waals surface area (Å²) in [7, 11) is 0. The van der Waals surface area contributed by atoms with Crippen LogP contribution in [0.1, 0.15) is 39.3 Å². The molecule has 18 heavy (non-hydrogen) atoms. The number of nitrogens with two attached hydrogens (primary N) is 1. The maximum Gasteiger partial charge on any atom is 0.412 e. The average Bonchev–Trinajstić information content (AvgIpc) is 2.17. The van der Waals surface area contributed by atoms with Crippen molar-refractivity contribution in [2.24, 2.45) is 5.73 Å². The van der Waals surface area contributed by atoms with Gasteiger partial charge in [0.25, 0.3) is 0 Å².